The minimum atomic E-state index is -0.348. The minimum absolute atomic E-state index is 0.0468. The molecule has 6 nitrogen and oxygen atoms in total. The summed E-state index contributed by atoms with van der Waals surface area (Å²) >= 11 is 0. The molecular formula is C21H31N3O3. The van der Waals surface area contributed by atoms with E-state index in [4.69, 9.17) is 0 Å². The van der Waals surface area contributed by atoms with Gasteiger partial charge in [-0.1, -0.05) is 19.8 Å². The Morgan fingerprint density at radius 3 is 2.37 bits per heavy atom. The molecule has 27 heavy (non-hydrogen) atoms. The van der Waals surface area contributed by atoms with Crippen molar-refractivity contribution >= 4 is 17.3 Å². The van der Waals surface area contributed by atoms with Crippen LogP contribution in [0.15, 0.2) is 18.2 Å². The Balaban J connectivity index is 1.88. The molecular weight excluding hydrogens is 342 g/mol. The zero-order valence-electron chi connectivity index (χ0n) is 16.7. The second-order valence-corrected chi connectivity index (χ2v) is 8.37. The molecule has 0 N–H and O–H groups in total. The van der Waals surface area contributed by atoms with Gasteiger partial charge in [0.15, 0.2) is 0 Å². The standard InChI is InChI=1S/C21H31N3O3/c1-15(2)23(18-6-4-5-7-18)21(25)17-8-9-19(20(14-17)24(26)27)22-12-10-16(3)11-13-22/h8-9,14-16,18H,4-7,10-13H2,1-3H3. The molecule has 2 aliphatic rings. The molecule has 3 rings (SSSR count). The fourth-order valence-corrected chi connectivity index (χ4v) is 4.47. The molecule has 0 bridgehead atoms. The van der Waals surface area contributed by atoms with Crippen molar-refractivity contribution in [2.24, 2.45) is 5.92 Å². The van der Waals surface area contributed by atoms with Gasteiger partial charge in [0.05, 0.1) is 4.92 Å². The second-order valence-electron chi connectivity index (χ2n) is 8.37. The lowest BCUT2D eigenvalue weighted by Crippen LogP contribution is -2.43. The summed E-state index contributed by atoms with van der Waals surface area (Å²) in [7, 11) is 0. The van der Waals surface area contributed by atoms with Crippen LogP contribution in [0.5, 0.6) is 0 Å². The van der Waals surface area contributed by atoms with E-state index in [2.05, 4.69) is 11.8 Å². The average molecular weight is 373 g/mol. The van der Waals surface area contributed by atoms with E-state index in [9.17, 15) is 14.9 Å². The molecule has 2 fully saturated rings. The fraction of sp³-hybridized carbons (Fsp3) is 0.667. The summed E-state index contributed by atoms with van der Waals surface area (Å²) in [5, 5.41) is 11.7. The number of piperidine rings is 1. The molecule has 1 saturated carbocycles. The van der Waals surface area contributed by atoms with Crippen molar-refractivity contribution < 1.29 is 9.72 Å². The average Bonchev–Trinajstić information content (AvgIpc) is 3.15. The van der Waals surface area contributed by atoms with Crippen LogP contribution in [0.1, 0.15) is 69.7 Å². The van der Waals surface area contributed by atoms with Crippen LogP contribution in [0.25, 0.3) is 0 Å². The quantitative estimate of drug-likeness (QED) is 0.558. The number of nitrogens with zero attached hydrogens (tertiary/aromatic N) is 3. The summed E-state index contributed by atoms with van der Waals surface area (Å²) in [4.78, 5) is 28.5. The van der Waals surface area contributed by atoms with Crippen LogP contribution in [0.2, 0.25) is 0 Å². The zero-order chi connectivity index (χ0) is 19.6. The lowest BCUT2D eigenvalue weighted by molar-refractivity contribution is -0.384. The Kier molecular flexibility index (Phi) is 6.02. The van der Waals surface area contributed by atoms with Crippen LogP contribution in [0.3, 0.4) is 0 Å². The molecule has 0 aromatic heterocycles. The van der Waals surface area contributed by atoms with Gasteiger partial charge < -0.3 is 9.80 Å². The fourth-order valence-electron chi connectivity index (χ4n) is 4.47. The Labute approximate surface area is 161 Å². The highest BCUT2D eigenvalue weighted by molar-refractivity contribution is 5.96. The Bertz CT molecular complexity index is 690. The van der Waals surface area contributed by atoms with E-state index in [0.717, 1.165) is 51.6 Å². The molecule has 1 heterocycles. The molecule has 1 saturated heterocycles. The van der Waals surface area contributed by atoms with Crippen LogP contribution >= 0.6 is 0 Å². The molecule has 148 valence electrons. The van der Waals surface area contributed by atoms with Gasteiger partial charge in [0.25, 0.3) is 11.6 Å². The van der Waals surface area contributed by atoms with E-state index in [-0.39, 0.29) is 28.6 Å². The smallest absolute Gasteiger partial charge is 0.293 e. The van der Waals surface area contributed by atoms with E-state index >= 15 is 0 Å². The van der Waals surface area contributed by atoms with Gasteiger partial charge in [-0.05, 0) is 57.6 Å². The molecule has 0 radical (unpaired) electrons. The molecule has 1 aliphatic heterocycles. The third kappa shape index (κ3) is 4.25. The largest absolute Gasteiger partial charge is 0.366 e. The molecule has 0 atom stereocenters. The van der Waals surface area contributed by atoms with Crippen molar-refractivity contribution in [2.75, 3.05) is 18.0 Å². The van der Waals surface area contributed by atoms with Crippen molar-refractivity contribution in [2.45, 2.75) is 71.4 Å². The molecule has 1 aromatic rings. The molecule has 0 unspecified atom stereocenters. The minimum Gasteiger partial charge on any atom is -0.366 e. The van der Waals surface area contributed by atoms with Crippen LogP contribution in [0, 0.1) is 16.0 Å². The van der Waals surface area contributed by atoms with Crippen LogP contribution in [-0.4, -0.2) is 40.9 Å². The van der Waals surface area contributed by atoms with E-state index in [0.29, 0.717) is 17.2 Å². The number of rotatable bonds is 5. The SMILES string of the molecule is CC1CCN(c2ccc(C(=O)N(C(C)C)C3CCCC3)cc2[N+](=O)[O-])CC1. The van der Waals surface area contributed by atoms with Gasteiger partial charge in [-0.15, -0.1) is 0 Å². The van der Waals surface area contributed by atoms with Gasteiger partial charge in [0, 0.05) is 36.8 Å². The maximum atomic E-state index is 13.2. The first-order valence-corrected chi connectivity index (χ1v) is 10.2. The number of amides is 1. The monoisotopic (exact) mass is 373 g/mol. The van der Waals surface area contributed by atoms with Crippen LogP contribution in [-0.2, 0) is 0 Å². The van der Waals surface area contributed by atoms with Crippen molar-refractivity contribution in [3.63, 3.8) is 0 Å². The molecule has 1 aromatic carbocycles. The summed E-state index contributed by atoms with van der Waals surface area (Å²) < 4.78 is 0. The number of nitro benzene ring substituents is 1. The number of carbonyl (C=O) groups excluding carboxylic acids is 1. The maximum absolute atomic E-state index is 13.2. The third-order valence-electron chi connectivity index (χ3n) is 6.05. The molecule has 1 amide bonds. The van der Waals surface area contributed by atoms with Crippen molar-refractivity contribution in [1.82, 2.24) is 4.90 Å². The maximum Gasteiger partial charge on any atom is 0.293 e. The van der Waals surface area contributed by atoms with Gasteiger partial charge in [-0.3, -0.25) is 14.9 Å². The highest BCUT2D eigenvalue weighted by Crippen LogP contribution is 2.34. The van der Waals surface area contributed by atoms with Crippen molar-refractivity contribution in [3.05, 3.63) is 33.9 Å². The topological polar surface area (TPSA) is 66.7 Å². The summed E-state index contributed by atoms with van der Waals surface area (Å²) in [6.07, 6.45) is 6.43. The number of hydrogen-bond acceptors (Lipinski definition) is 4. The molecule has 6 heteroatoms. The second kappa shape index (κ2) is 8.28. The Hall–Kier alpha value is -2.11. The van der Waals surface area contributed by atoms with Crippen LogP contribution in [0.4, 0.5) is 11.4 Å². The van der Waals surface area contributed by atoms with Crippen molar-refractivity contribution in [3.8, 4) is 0 Å². The first kappa shape index (κ1) is 19.6. The summed E-state index contributed by atoms with van der Waals surface area (Å²) in [6.45, 7) is 7.92. The first-order valence-electron chi connectivity index (χ1n) is 10.2. The number of anilines is 1. The Morgan fingerprint density at radius 1 is 1.19 bits per heavy atom. The number of hydrogen-bond donors (Lipinski definition) is 0. The lowest BCUT2D eigenvalue weighted by Gasteiger charge is -2.33. The highest BCUT2D eigenvalue weighted by atomic mass is 16.6. The predicted octanol–water partition coefficient (Wildman–Crippen LogP) is 4.62. The zero-order valence-corrected chi connectivity index (χ0v) is 16.7. The first-order chi connectivity index (χ1) is 12.9. The number of benzene rings is 1. The number of nitro groups is 1. The van der Waals surface area contributed by atoms with E-state index in [1.165, 1.54) is 6.07 Å². The number of carbonyl (C=O) groups is 1. The Morgan fingerprint density at radius 2 is 1.81 bits per heavy atom. The van der Waals surface area contributed by atoms with E-state index in [1.807, 2.05) is 18.7 Å². The van der Waals surface area contributed by atoms with Gasteiger partial charge >= 0.3 is 0 Å². The lowest BCUT2D eigenvalue weighted by atomic mass is 9.98. The molecule has 0 spiro atoms. The van der Waals surface area contributed by atoms with Gasteiger partial charge in [0.2, 0.25) is 0 Å². The van der Waals surface area contributed by atoms with Crippen LogP contribution < -0.4 is 4.90 Å². The normalized spacial score (nSPS) is 18.9. The summed E-state index contributed by atoms with van der Waals surface area (Å²) in [5.74, 6) is 0.575. The third-order valence-corrected chi connectivity index (χ3v) is 6.05. The predicted molar refractivity (Wildman–Crippen MR) is 107 cm³/mol. The highest BCUT2D eigenvalue weighted by Gasteiger charge is 2.31. The van der Waals surface area contributed by atoms with Gasteiger partial charge in [-0.2, -0.15) is 0 Å². The molecule has 1 aliphatic carbocycles. The van der Waals surface area contributed by atoms with Gasteiger partial charge in [-0.25, -0.2) is 0 Å². The van der Waals surface area contributed by atoms with E-state index < -0.39 is 0 Å². The van der Waals surface area contributed by atoms with Crippen molar-refractivity contribution in [1.29, 1.82) is 0 Å². The van der Waals surface area contributed by atoms with Gasteiger partial charge in [0.1, 0.15) is 5.69 Å². The summed E-state index contributed by atoms with van der Waals surface area (Å²) in [6, 6.07) is 5.37. The van der Waals surface area contributed by atoms with E-state index in [1.54, 1.807) is 12.1 Å². The summed E-state index contributed by atoms with van der Waals surface area (Å²) in [5.41, 5.74) is 1.11.